The molecule has 1 rings (SSSR count). The van der Waals surface area contributed by atoms with Crippen LogP contribution in [0.2, 0.25) is 0 Å². The van der Waals surface area contributed by atoms with Crippen LogP contribution < -0.4 is 11.1 Å². The van der Waals surface area contributed by atoms with Gasteiger partial charge in [0.1, 0.15) is 0 Å². The Labute approximate surface area is 103 Å². The summed E-state index contributed by atoms with van der Waals surface area (Å²) in [4.78, 5) is 11.1. The molecular weight excluding hydrogens is 212 g/mol. The van der Waals surface area contributed by atoms with Crippen molar-refractivity contribution in [3.8, 4) is 0 Å². The average Bonchev–Trinajstić information content (AvgIpc) is 2.34. The van der Waals surface area contributed by atoms with Crippen molar-refractivity contribution in [2.24, 2.45) is 5.73 Å². The maximum Gasteiger partial charge on any atom is 0.234 e. The fourth-order valence-corrected chi connectivity index (χ4v) is 1.86. The molecule has 0 spiro atoms. The smallest absolute Gasteiger partial charge is 0.234 e. The normalized spacial score (nSPS) is 14.2. The highest BCUT2D eigenvalue weighted by Gasteiger charge is 2.14. The summed E-state index contributed by atoms with van der Waals surface area (Å²) >= 11 is 0. The molecule has 2 atom stereocenters. The molecule has 2 unspecified atom stereocenters. The molecule has 0 aliphatic rings. The maximum absolute atomic E-state index is 11.1. The molecule has 3 N–H and O–H groups in total. The van der Waals surface area contributed by atoms with Gasteiger partial charge in [0.15, 0.2) is 0 Å². The van der Waals surface area contributed by atoms with Gasteiger partial charge in [0, 0.05) is 6.04 Å². The first kappa shape index (κ1) is 13.7. The molecule has 0 aromatic heterocycles. The maximum atomic E-state index is 11.1. The van der Waals surface area contributed by atoms with Crippen LogP contribution in [0.25, 0.3) is 0 Å². The van der Waals surface area contributed by atoms with E-state index in [1.807, 2.05) is 25.1 Å². The lowest BCUT2D eigenvalue weighted by Crippen LogP contribution is -2.45. The Morgan fingerprint density at radius 3 is 2.53 bits per heavy atom. The van der Waals surface area contributed by atoms with Gasteiger partial charge >= 0.3 is 0 Å². The number of aryl methyl sites for hydroxylation is 1. The molecule has 17 heavy (non-hydrogen) atoms. The molecule has 0 bridgehead atoms. The molecule has 0 radical (unpaired) electrons. The molecule has 0 saturated carbocycles. The Balaban J connectivity index is 2.34. The van der Waals surface area contributed by atoms with Crippen LogP contribution >= 0.6 is 0 Å². The molecule has 0 aliphatic carbocycles. The van der Waals surface area contributed by atoms with E-state index in [-0.39, 0.29) is 11.9 Å². The van der Waals surface area contributed by atoms with E-state index in [4.69, 9.17) is 5.73 Å². The molecule has 3 nitrogen and oxygen atoms in total. The molecular formula is C14H22N2O. The third-order valence-corrected chi connectivity index (χ3v) is 2.95. The lowest BCUT2D eigenvalue weighted by atomic mass is 10.1. The highest BCUT2D eigenvalue weighted by atomic mass is 16.1. The summed E-state index contributed by atoms with van der Waals surface area (Å²) in [7, 11) is 0. The van der Waals surface area contributed by atoms with E-state index < -0.39 is 0 Å². The summed E-state index contributed by atoms with van der Waals surface area (Å²) < 4.78 is 0. The number of hydrogen-bond acceptors (Lipinski definition) is 2. The van der Waals surface area contributed by atoms with E-state index in [1.165, 1.54) is 5.56 Å². The van der Waals surface area contributed by atoms with Crippen LogP contribution in [0.3, 0.4) is 0 Å². The second-order valence-corrected chi connectivity index (χ2v) is 4.46. The van der Waals surface area contributed by atoms with Crippen molar-refractivity contribution in [2.45, 2.75) is 45.2 Å². The van der Waals surface area contributed by atoms with Crippen molar-refractivity contribution < 1.29 is 4.79 Å². The summed E-state index contributed by atoms with van der Waals surface area (Å²) in [5.74, 6) is -0.265. The Kier molecular flexibility index (Phi) is 5.70. The Morgan fingerprint density at radius 2 is 2.00 bits per heavy atom. The highest BCUT2D eigenvalue weighted by Crippen LogP contribution is 2.05. The number of amides is 1. The Morgan fingerprint density at radius 1 is 1.35 bits per heavy atom. The second kappa shape index (κ2) is 7.07. The molecule has 0 saturated heterocycles. The molecule has 0 aliphatic heterocycles. The lowest BCUT2D eigenvalue weighted by Gasteiger charge is -2.19. The minimum Gasteiger partial charge on any atom is -0.368 e. The lowest BCUT2D eigenvalue weighted by molar-refractivity contribution is -0.120. The van der Waals surface area contributed by atoms with Crippen LogP contribution in [0.15, 0.2) is 30.3 Å². The predicted molar refractivity (Wildman–Crippen MR) is 70.6 cm³/mol. The van der Waals surface area contributed by atoms with Gasteiger partial charge in [-0.15, -0.1) is 0 Å². The van der Waals surface area contributed by atoms with Crippen molar-refractivity contribution in [3.05, 3.63) is 35.9 Å². The zero-order chi connectivity index (χ0) is 12.7. The zero-order valence-corrected chi connectivity index (χ0v) is 10.6. The van der Waals surface area contributed by atoms with Crippen LogP contribution in [0.1, 0.15) is 32.3 Å². The molecule has 0 fully saturated rings. The fourth-order valence-electron chi connectivity index (χ4n) is 1.86. The average molecular weight is 234 g/mol. The van der Waals surface area contributed by atoms with Crippen molar-refractivity contribution >= 4 is 5.91 Å². The van der Waals surface area contributed by atoms with Crippen LogP contribution in [-0.4, -0.2) is 18.0 Å². The summed E-state index contributed by atoms with van der Waals surface area (Å²) in [6.45, 7) is 4.06. The van der Waals surface area contributed by atoms with E-state index in [0.29, 0.717) is 6.04 Å². The molecule has 1 aromatic rings. The van der Waals surface area contributed by atoms with Gasteiger partial charge in [-0.2, -0.15) is 0 Å². The summed E-state index contributed by atoms with van der Waals surface area (Å²) in [5, 5.41) is 3.26. The highest BCUT2D eigenvalue weighted by molar-refractivity contribution is 5.79. The van der Waals surface area contributed by atoms with Crippen LogP contribution in [0.5, 0.6) is 0 Å². The monoisotopic (exact) mass is 234 g/mol. The number of benzene rings is 1. The van der Waals surface area contributed by atoms with E-state index in [0.717, 1.165) is 19.3 Å². The van der Waals surface area contributed by atoms with E-state index in [9.17, 15) is 4.79 Å². The first-order chi connectivity index (χ1) is 8.13. The summed E-state index contributed by atoms with van der Waals surface area (Å²) in [6, 6.07) is 10.5. The Bertz CT molecular complexity index is 337. The minimum atomic E-state index is -0.265. The number of nitrogens with one attached hydrogen (secondary N) is 1. The molecule has 1 amide bonds. The quantitative estimate of drug-likeness (QED) is 0.756. The van der Waals surface area contributed by atoms with Gasteiger partial charge < -0.3 is 11.1 Å². The van der Waals surface area contributed by atoms with Crippen LogP contribution in [-0.2, 0) is 11.2 Å². The van der Waals surface area contributed by atoms with Crippen molar-refractivity contribution in [1.29, 1.82) is 0 Å². The van der Waals surface area contributed by atoms with Gasteiger partial charge in [0.05, 0.1) is 6.04 Å². The first-order valence-corrected chi connectivity index (χ1v) is 6.22. The zero-order valence-electron chi connectivity index (χ0n) is 10.6. The first-order valence-electron chi connectivity index (χ1n) is 6.22. The SMILES string of the molecule is CCC(NC(C)CCc1ccccc1)C(N)=O. The minimum absolute atomic E-state index is 0.208. The van der Waals surface area contributed by atoms with Gasteiger partial charge in [-0.3, -0.25) is 4.79 Å². The van der Waals surface area contributed by atoms with Crippen LogP contribution in [0.4, 0.5) is 0 Å². The van der Waals surface area contributed by atoms with Crippen molar-refractivity contribution in [2.75, 3.05) is 0 Å². The van der Waals surface area contributed by atoms with Gasteiger partial charge in [-0.05, 0) is 31.7 Å². The number of hydrogen-bond donors (Lipinski definition) is 2. The number of rotatable bonds is 7. The number of nitrogens with two attached hydrogens (primary N) is 1. The molecule has 1 aromatic carbocycles. The van der Waals surface area contributed by atoms with Gasteiger partial charge in [-0.25, -0.2) is 0 Å². The predicted octanol–water partition coefficient (Wildman–Crippen LogP) is 1.86. The van der Waals surface area contributed by atoms with E-state index in [1.54, 1.807) is 0 Å². The largest absolute Gasteiger partial charge is 0.368 e. The molecule has 3 heteroatoms. The number of carbonyl (C=O) groups excluding carboxylic acids is 1. The van der Waals surface area contributed by atoms with Crippen molar-refractivity contribution in [1.82, 2.24) is 5.32 Å². The van der Waals surface area contributed by atoms with Crippen LogP contribution in [0, 0.1) is 0 Å². The van der Waals surface area contributed by atoms with E-state index >= 15 is 0 Å². The van der Waals surface area contributed by atoms with Crippen molar-refractivity contribution in [3.63, 3.8) is 0 Å². The fraction of sp³-hybridized carbons (Fsp3) is 0.500. The van der Waals surface area contributed by atoms with Gasteiger partial charge in [0.2, 0.25) is 5.91 Å². The third-order valence-electron chi connectivity index (χ3n) is 2.95. The summed E-state index contributed by atoms with van der Waals surface area (Å²) in [6.07, 6.45) is 2.77. The summed E-state index contributed by atoms with van der Waals surface area (Å²) in [5.41, 5.74) is 6.63. The van der Waals surface area contributed by atoms with Gasteiger partial charge in [-0.1, -0.05) is 37.3 Å². The molecule has 94 valence electrons. The third kappa shape index (κ3) is 5.00. The van der Waals surface area contributed by atoms with Gasteiger partial charge in [0.25, 0.3) is 0 Å². The standard InChI is InChI=1S/C14H22N2O/c1-3-13(14(15)17)16-11(2)9-10-12-7-5-4-6-8-12/h4-8,11,13,16H,3,9-10H2,1-2H3,(H2,15,17). The number of carbonyl (C=O) groups is 1. The molecule has 0 heterocycles. The second-order valence-electron chi connectivity index (χ2n) is 4.46. The topological polar surface area (TPSA) is 55.1 Å². The Hall–Kier alpha value is -1.35. The number of primary amides is 1. The van der Waals surface area contributed by atoms with E-state index in [2.05, 4.69) is 24.4 Å².